The number of fused-ring (bicyclic) bond motifs is 1. The van der Waals surface area contributed by atoms with Gasteiger partial charge in [-0.2, -0.15) is 4.31 Å². The van der Waals surface area contributed by atoms with Gasteiger partial charge in [0.15, 0.2) is 6.61 Å². The molecule has 3 aromatic rings. The van der Waals surface area contributed by atoms with Gasteiger partial charge >= 0.3 is 5.97 Å². The molecule has 0 radical (unpaired) electrons. The molecule has 3 amide bonds. The summed E-state index contributed by atoms with van der Waals surface area (Å²) in [6, 6.07) is 16.4. The van der Waals surface area contributed by atoms with Gasteiger partial charge in [0.25, 0.3) is 17.7 Å². The largest absolute Gasteiger partial charge is 0.452 e. The van der Waals surface area contributed by atoms with Crippen molar-refractivity contribution in [1.29, 1.82) is 0 Å². The molecule has 0 saturated carbocycles. The van der Waals surface area contributed by atoms with Crippen molar-refractivity contribution < 1.29 is 32.3 Å². The molecule has 39 heavy (non-hydrogen) atoms. The van der Waals surface area contributed by atoms with Crippen molar-refractivity contribution in [2.24, 2.45) is 0 Å². The molecular weight excluding hydrogens is 522 g/mol. The Balaban J connectivity index is 1.37. The minimum absolute atomic E-state index is 0.0864. The average Bonchev–Trinajstić information content (AvgIpc) is 3.16. The number of amides is 3. The zero-order chi connectivity index (χ0) is 28.5. The summed E-state index contributed by atoms with van der Waals surface area (Å²) in [5.41, 5.74) is 1.91. The fourth-order valence-corrected chi connectivity index (χ4v) is 5.37. The van der Waals surface area contributed by atoms with Gasteiger partial charge in [-0.15, -0.1) is 0 Å². The van der Waals surface area contributed by atoms with E-state index < -0.39 is 40.3 Å². The Morgan fingerprint density at radius 2 is 1.54 bits per heavy atom. The molecule has 0 bridgehead atoms. The first-order valence-corrected chi connectivity index (χ1v) is 13.5. The van der Waals surface area contributed by atoms with Crippen LogP contribution >= 0.6 is 0 Å². The highest BCUT2D eigenvalue weighted by atomic mass is 32.2. The van der Waals surface area contributed by atoms with Crippen molar-refractivity contribution in [2.45, 2.75) is 31.7 Å². The number of nitrogens with zero attached hydrogens (tertiary/aromatic N) is 2. The van der Waals surface area contributed by atoms with Gasteiger partial charge in [0.1, 0.15) is 0 Å². The Morgan fingerprint density at radius 1 is 0.949 bits per heavy atom. The van der Waals surface area contributed by atoms with Crippen LogP contribution in [0, 0.1) is 6.92 Å². The van der Waals surface area contributed by atoms with Gasteiger partial charge in [0.2, 0.25) is 10.0 Å². The van der Waals surface area contributed by atoms with Crippen molar-refractivity contribution in [2.75, 3.05) is 23.9 Å². The van der Waals surface area contributed by atoms with Crippen LogP contribution in [0.4, 0.5) is 11.4 Å². The number of rotatable bonds is 8. The van der Waals surface area contributed by atoms with Crippen LogP contribution in [-0.4, -0.2) is 56.1 Å². The van der Waals surface area contributed by atoms with Gasteiger partial charge in [-0.05, 0) is 80.9 Å². The van der Waals surface area contributed by atoms with Crippen molar-refractivity contribution >= 4 is 45.1 Å². The average molecular weight is 550 g/mol. The molecule has 202 valence electrons. The molecule has 0 atom stereocenters. The summed E-state index contributed by atoms with van der Waals surface area (Å²) in [7, 11) is -2.17. The highest BCUT2D eigenvalue weighted by Crippen LogP contribution is 2.29. The molecule has 0 spiro atoms. The van der Waals surface area contributed by atoms with E-state index in [2.05, 4.69) is 5.32 Å². The van der Waals surface area contributed by atoms with Gasteiger partial charge in [0, 0.05) is 18.8 Å². The third kappa shape index (κ3) is 5.45. The van der Waals surface area contributed by atoms with Crippen molar-refractivity contribution in [1.82, 2.24) is 4.31 Å². The summed E-state index contributed by atoms with van der Waals surface area (Å²) in [6.07, 6.45) is 0. The first-order chi connectivity index (χ1) is 18.4. The number of carbonyl (C=O) groups excluding carboxylic acids is 4. The van der Waals surface area contributed by atoms with Crippen LogP contribution in [-0.2, 0) is 19.6 Å². The molecule has 4 rings (SSSR count). The summed E-state index contributed by atoms with van der Waals surface area (Å²) in [4.78, 5) is 51.5. The van der Waals surface area contributed by atoms with E-state index in [-0.39, 0.29) is 16.5 Å². The molecule has 0 saturated heterocycles. The van der Waals surface area contributed by atoms with Crippen LogP contribution < -0.4 is 10.2 Å². The molecule has 10 nitrogen and oxygen atoms in total. The summed E-state index contributed by atoms with van der Waals surface area (Å²) in [6.45, 7) is 4.58. The molecule has 3 aromatic carbocycles. The molecule has 1 aliphatic heterocycles. The summed E-state index contributed by atoms with van der Waals surface area (Å²) < 4.78 is 31.5. The Hall–Kier alpha value is -4.35. The third-order valence-electron chi connectivity index (χ3n) is 6.36. The molecule has 1 aliphatic rings. The molecule has 0 aromatic heterocycles. The maximum Gasteiger partial charge on any atom is 0.338 e. The number of nitrogens with one attached hydrogen (secondary N) is 1. The Kier molecular flexibility index (Phi) is 7.66. The van der Waals surface area contributed by atoms with E-state index >= 15 is 0 Å². The topological polar surface area (TPSA) is 130 Å². The standard InChI is InChI=1S/C28H27N3O7S/c1-17(2)30(4)39(36,37)21-12-9-19(10-13-21)29-25(32)16-38-28(35)22-14-11-20(15-18(22)3)31-26(33)23-7-5-6-8-24(23)27(31)34/h5-15,17H,16H2,1-4H3,(H,29,32). The van der Waals surface area contributed by atoms with Crippen molar-refractivity contribution in [3.8, 4) is 0 Å². The van der Waals surface area contributed by atoms with E-state index in [0.29, 0.717) is 28.1 Å². The number of anilines is 2. The number of carbonyl (C=O) groups is 4. The number of hydrogen-bond acceptors (Lipinski definition) is 7. The highest BCUT2D eigenvalue weighted by molar-refractivity contribution is 7.89. The fourth-order valence-electron chi connectivity index (χ4n) is 4.00. The molecule has 0 aliphatic carbocycles. The number of benzene rings is 3. The highest BCUT2D eigenvalue weighted by Gasteiger charge is 2.36. The van der Waals surface area contributed by atoms with Crippen LogP contribution in [0.3, 0.4) is 0 Å². The summed E-state index contributed by atoms with van der Waals surface area (Å²) in [5.74, 6) is -2.26. The van der Waals surface area contributed by atoms with Crippen LogP contribution in [0.5, 0.6) is 0 Å². The zero-order valence-corrected chi connectivity index (χ0v) is 22.6. The number of esters is 1. The van der Waals surface area contributed by atoms with Gasteiger partial charge in [0.05, 0.1) is 27.3 Å². The van der Waals surface area contributed by atoms with Gasteiger partial charge < -0.3 is 10.1 Å². The van der Waals surface area contributed by atoms with E-state index in [1.54, 1.807) is 45.0 Å². The van der Waals surface area contributed by atoms with Crippen molar-refractivity contribution in [3.05, 3.63) is 89.0 Å². The van der Waals surface area contributed by atoms with Gasteiger partial charge in [-0.25, -0.2) is 18.1 Å². The summed E-state index contributed by atoms with van der Waals surface area (Å²) >= 11 is 0. The second kappa shape index (κ2) is 10.8. The van der Waals surface area contributed by atoms with E-state index in [9.17, 15) is 27.6 Å². The summed E-state index contributed by atoms with van der Waals surface area (Å²) in [5, 5.41) is 2.55. The zero-order valence-electron chi connectivity index (χ0n) is 21.8. The van der Waals surface area contributed by atoms with E-state index in [1.165, 1.54) is 53.8 Å². The second-order valence-electron chi connectivity index (χ2n) is 9.25. The van der Waals surface area contributed by atoms with E-state index in [0.717, 1.165) is 4.90 Å². The second-order valence-corrected chi connectivity index (χ2v) is 11.3. The number of hydrogen-bond donors (Lipinski definition) is 1. The third-order valence-corrected chi connectivity index (χ3v) is 8.41. The lowest BCUT2D eigenvalue weighted by atomic mass is 10.1. The molecule has 1 N–H and O–H groups in total. The van der Waals surface area contributed by atoms with Crippen LogP contribution in [0.2, 0.25) is 0 Å². The molecule has 0 fully saturated rings. The first-order valence-electron chi connectivity index (χ1n) is 12.1. The predicted octanol–water partition coefficient (Wildman–Crippen LogP) is 3.62. The predicted molar refractivity (Wildman–Crippen MR) is 144 cm³/mol. The molecule has 0 unspecified atom stereocenters. The minimum atomic E-state index is -3.66. The lowest BCUT2D eigenvalue weighted by Gasteiger charge is -2.21. The van der Waals surface area contributed by atoms with E-state index in [4.69, 9.17) is 4.74 Å². The normalized spacial score (nSPS) is 13.1. The van der Waals surface area contributed by atoms with Crippen LogP contribution in [0.15, 0.2) is 71.6 Å². The first kappa shape index (κ1) is 27.7. The number of imide groups is 1. The quantitative estimate of drug-likeness (QED) is 0.335. The Bertz CT molecular complexity index is 1550. The maximum atomic E-state index is 12.7. The lowest BCUT2D eigenvalue weighted by Crippen LogP contribution is -2.33. The van der Waals surface area contributed by atoms with Crippen LogP contribution in [0.1, 0.15) is 50.5 Å². The smallest absolute Gasteiger partial charge is 0.338 e. The van der Waals surface area contributed by atoms with E-state index in [1.807, 2.05) is 0 Å². The number of sulfonamides is 1. The maximum absolute atomic E-state index is 12.7. The lowest BCUT2D eigenvalue weighted by molar-refractivity contribution is -0.119. The van der Waals surface area contributed by atoms with Crippen LogP contribution in [0.25, 0.3) is 0 Å². The SMILES string of the molecule is Cc1cc(N2C(=O)c3ccccc3C2=O)ccc1C(=O)OCC(=O)Nc1ccc(S(=O)(=O)N(C)C(C)C)cc1. The number of ether oxygens (including phenoxy) is 1. The Morgan fingerprint density at radius 3 is 2.08 bits per heavy atom. The molecular formula is C28H27N3O7S. The van der Waals surface area contributed by atoms with Gasteiger partial charge in [-0.3, -0.25) is 14.4 Å². The minimum Gasteiger partial charge on any atom is -0.452 e. The van der Waals surface area contributed by atoms with Gasteiger partial charge in [-0.1, -0.05) is 12.1 Å². The molecule has 11 heteroatoms. The fraction of sp³-hybridized carbons (Fsp3) is 0.214. The Labute approximate surface area is 226 Å². The molecule has 1 heterocycles. The number of aryl methyl sites for hydroxylation is 1. The monoisotopic (exact) mass is 549 g/mol. The van der Waals surface area contributed by atoms with Crippen molar-refractivity contribution in [3.63, 3.8) is 0 Å².